The number of aromatic nitrogens is 3. The van der Waals surface area contributed by atoms with Gasteiger partial charge < -0.3 is 9.73 Å². The summed E-state index contributed by atoms with van der Waals surface area (Å²) in [5.41, 5.74) is 1.41. The van der Waals surface area contributed by atoms with Crippen molar-refractivity contribution in [2.24, 2.45) is 0 Å². The smallest absolute Gasteiger partial charge is 0.336 e. The Hall–Kier alpha value is -2.91. The quantitative estimate of drug-likeness (QED) is 0.369. The predicted octanol–water partition coefficient (Wildman–Crippen LogP) is 3.81. The van der Waals surface area contributed by atoms with Crippen molar-refractivity contribution < 1.29 is 9.21 Å². The highest BCUT2D eigenvalue weighted by Gasteiger charge is 2.10. The number of fused-ring (bicyclic) bond motifs is 1. The van der Waals surface area contributed by atoms with Crippen LogP contribution in [0.5, 0.6) is 0 Å². The van der Waals surface area contributed by atoms with Gasteiger partial charge in [0.25, 0.3) is 0 Å². The minimum atomic E-state index is -0.434. The van der Waals surface area contributed by atoms with E-state index in [9.17, 15) is 9.59 Å². The summed E-state index contributed by atoms with van der Waals surface area (Å²) in [6.07, 6.45) is 0.717. The van der Waals surface area contributed by atoms with Crippen LogP contribution in [0.15, 0.2) is 56.1 Å². The van der Waals surface area contributed by atoms with Crippen LogP contribution in [0.1, 0.15) is 23.2 Å². The molecule has 9 heteroatoms. The molecule has 0 saturated heterocycles. The number of amides is 1. The predicted molar refractivity (Wildman–Crippen MR) is 110 cm³/mol. The number of anilines is 1. The molecule has 0 radical (unpaired) electrons. The first-order chi connectivity index (χ1) is 13.6. The zero-order valence-corrected chi connectivity index (χ0v) is 16.5. The van der Waals surface area contributed by atoms with Gasteiger partial charge in [-0.1, -0.05) is 17.8 Å². The van der Waals surface area contributed by atoms with E-state index in [0.717, 1.165) is 23.2 Å². The Morgan fingerprint density at radius 1 is 1.32 bits per heavy atom. The number of thiophene rings is 1. The van der Waals surface area contributed by atoms with E-state index in [0.29, 0.717) is 22.2 Å². The molecule has 1 aromatic carbocycles. The van der Waals surface area contributed by atoms with Gasteiger partial charge >= 0.3 is 5.63 Å². The molecule has 0 saturated carbocycles. The first kappa shape index (κ1) is 18.5. The molecule has 4 rings (SSSR count). The molecule has 0 spiro atoms. The summed E-state index contributed by atoms with van der Waals surface area (Å²) in [6, 6.07) is 10.8. The first-order valence-electron chi connectivity index (χ1n) is 8.47. The van der Waals surface area contributed by atoms with Gasteiger partial charge in [0.2, 0.25) is 11.1 Å². The van der Waals surface area contributed by atoms with Gasteiger partial charge in [0.15, 0.2) is 0 Å². The molecule has 0 aliphatic heterocycles. The number of H-pyrrole nitrogens is 1. The summed E-state index contributed by atoms with van der Waals surface area (Å²) in [7, 11) is 0. The van der Waals surface area contributed by atoms with E-state index in [4.69, 9.17) is 4.42 Å². The van der Waals surface area contributed by atoms with Gasteiger partial charge in [-0.3, -0.25) is 9.89 Å². The average molecular weight is 412 g/mol. The summed E-state index contributed by atoms with van der Waals surface area (Å²) < 4.78 is 5.29. The number of aromatic amines is 1. The summed E-state index contributed by atoms with van der Waals surface area (Å²) in [5.74, 6) is 1.15. The Bertz CT molecular complexity index is 1180. The zero-order valence-electron chi connectivity index (χ0n) is 14.9. The first-order valence-corrected chi connectivity index (χ1v) is 10.3. The highest BCUT2D eigenvalue weighted by atomic mass is 32.2. The molecule has 142 valence electrons. The van der Waals surface area contributed by atoms with Gasteiger partial charge in [-0.2, -0.15) is 0 Å². The number of nitrogens with zero attached hydrogens (tertiary/aromatic N) is 2. The lowest BCUT2D eigenvalue weighted by atomic mass is 10.1. The van der Waals surface area contributed by atoms with Gasteiger partial charge in [-0.05, 0) is 29.1 Å². The molecule has 2 N–H and O–H groups in total. The zero-order chi connectivity index (χ0) is 19.5. The minimum absolute atomic E-state index is 0.184. The standard InChI is InChI=1S/C19H16N4O3S2/c1-11(24)20-13-4-5-15-12(7-18(25)26-16(15)8-13)10-28-19-21-17(22-23-19)9-14-3-2-6-27-14/h2-8H,9-10H2,1H3,(H,20,24)(H,21,22,23). The van der Waals surface area contributed by atoms with E-state index in [-0.39, 0.29) is 5.91 Å². The van der Waals surface area contributed by atoms with E-state index in [1.165, 1.54) is 29.6 Å². The lowest BCUT2D eigenvalue weighted by Gasteiger charge is -2.06. The highest BCUT2D eigenvalue weighted by molar-refractivity contribution is 7.98. The second kappa shape index (κ2) is 7.99. The van der Waals surface area contributed by atoms with Crippen molar-refractivity contribution in [2.75, 3.05) is 5.32 Å². The van der Waals surface area contributed by atoms with E-state index < -0.39 is 5.63 Å². The second-order valence-corrected chi connectivity index (χ2v) is 8.07. The molecule has 0 aliphatic carbocycles. The number of carbonyl (C=O) groups is 1. The SMILES string of the molecule is CC(=O)Nc1ccc2c(CSc3n[nH]c(Cc4cccs4)n3)cc(=O)oc2c1. The maximum absolute atomic E-state index is 11.9. The lowest BCUT2D eigenvalue weighted by molar-refractivity contribution is -0.114. The molecule has 1 amide bonds. The van der Waals surface area contributed by atoms with Gasteiger partial charge in [-0.25, -0.2) is 9.78 Å². The summed E-state index contributed by atoms with van der Waals surface area (Å²) in [5, 5.41) is 13.4. The summed E-state index contributed by atoms with van der Waals surface area (Å²) >= 11 is 3.12. The maximum Gasteiger partial charge on any atom is 0.336 e. The Balaban J connectivity index is 1.52. The summed E-state index contributed by atoms with van der Waals surface area (Å²) in [4.78, 5) is 28.9. The van der Waals surface area contributed by atoms with Crippen molar-refractivity contribution >= 4 is 45.7 Å². The number of hydrogen-bond acceptors (Lipinski definition) is 7. The number of rotatable bonds is 6. The third-order valence-electron chi connectivity index (χ3n) is 3.94. The number of carbonyl (C=O) groups excluding carboxylic acids is 1. The largest absolute Gasteiger partial charge is 0.423 e. The van der Waals surface area contributed by atoms with Crippen molar-refractivity contribution in [1.82, 2.24) is 15.2 Å². The fourth-order valence-electron chi connectivity index (χ4n) is 2.77. The molecule has 0 aliphatic rings. The molecular formula is C19H16N4O3S2. The summed E-state index contributed by atoms with van der Waals surface area (Å²) in [6.45, 7) is 1.43. The molecule has 0 bridgehead atoms. The van der Waals surface area contributed by atoms with Crippen molar-refractivity contribution in [2.45, 2.75) is 24.3 Å². The number of hydrogen-bond donors (Lipinski definition) is 2. The molecule has 3 heterocycles. The molecule has 0 fully saturated rings. The van der Waals surface area contributed by atoms with Crippen LogP contribution in [0, 0.1) is 0 Å². The Morgan fingerprint density at radius 2 is 2.21 bits per heavy atom. The number of benzene rings is 1. The topological polar surface area (TPSA) is 101 Å². The van der Waals surface area contributed by atoms with E-state index in [2.05, 4.69) is 26.6 Å². The third-order valence-corrected chi connectivity index (χ3v) is 5.71. The van der Waals surface area contributed by atoms with Crippen molar-refractivity contribution in [3.63, 3.8) is 0 Å². The van der Waals surface area contributed by atoms with E-state index in [1.807, 2.05) is 17.5 Å². The molecule has 3 aromatic heterocycles. The molecule has 7 nitrogen and oxygen atoms in total. The van der Waals surface area contributed by atoms with Gasteiger partial charge in [0, 0.05) is 47.2 Å². The molecule has 0 atom stereocenters. The van der Waals surface area contributed by atoms with E-state index in [1.54, 1.807) is 23.5 Å². The molecule has 4 aromatic rings. The normalized spacial score (nSPS) is 11.0. The fourth-order valence-corrected chi connectivity index (χ4v) is 4.29. The van der Waals surface area contributed by atoms with Crippen molar-refractivity contribution in [1.29, 1.82) is 0 Å². The van der Waals surface area contributed by atoms with Crippen molar-refractivity contribution in [3.8, 4) is 0 Å². The maximum atomic E-state index is 11.9. The van der Waals surface area contributed by atoms with Gasteiger partial charge in [-0.15, -0.1) is 16.4 Å². The molecule has 0 unspecified atom stereocenters. The number of nitrogens with one attached hydrogen (secondary N) is 2. The van der Waals surface area contributed by atoms with Crippen LogP contribution in [-0.2, 0) is 17.0 Å². The van der Waals surface area contributed by atoms with Crippen LogP contribution in [0.3, 0.4) is 0 Å². The van der Waals surface area contributed by atoms with Crippen LogP contribution in [0.2, 0.25) is 0 Å². The van der Waals surface area contributed by atoms with Crippen LogP contribution in [0.25, 0.3) is 11.0 Å². The lowest BCUT2D eigenvalue weighted by Crippen LogP contribution is -2.06. The Morgan fingerprint density at radius 3 is 3.00 bits per heavy atom. The van der Waals surface area contributed by atoms with E-state index >= 15 is 0 Å². The fraction of sp³-hybridized carbons (Fsp3) is 0.158. The van der Waals surface area contributed by atoms with Crippen molar-refractivity contribution in [3.05, 3.63) is 68.5 Å². The third kappa shape index (κ3) is 4.32. The number of thioether (sulfide) groups is 1. The second-order valence-electron chi connectivity index (χ2n) is 6.09. The minimum Gasteiger partial charge on any atom is -0.423 e. The monoisotopic (exact) mass is 412 g/mol. The molecule has 28 heavy (non-hydrogen) atoms. The molecular weight excluding hydrogens is 396 g/mol. The van der Waals surface area contributed by atoms with Crippen LogP contribution in [-0.4, -0.2) is 21.1 Å². The van der Waals surface area contributed by atoms with Crippen LogP contribution < -0.4 is 10.9 Å². The van der Waals surface area contributed by atoms with Crippen LogP contribution in [0.4, 0.5) is 5.69 Å². The Labute approximate surface area is 168 Å². The average Bonchev–Trinajstić information content (AvgIpc) is 3.31. The highest BCUT2D eigenvalue weighted by Crippen LogP contribution is 2.26. The Kier molecular flexibility index (Phi) is 5.27. The van der Waals surface area contributed by atoms with Gasteiger partial charge in [0.1, 0.15) is 11.4 Å². The van der Waals surface area contributed by atoms with Gasteiger partial charge in [0.05, 0.1) is 0 Å². The van der Waals surface area contributed by atoms with Crippen LogP contribution >= 0.6 is 23.1 Å².